The number of H-pyrrole nitrogens is 1. The van der Waals surface area contributed by atoms with Crippen LogP contribution in [0.1, 0.15) is 34.6 Å². The number of amides is 1. The minimum absolute atomic E-state index is 0.144. The van der Waals surface area contributed by atoms with Crippen molar-refractivity contribution in [3.63, 3.8) is 0 Å². The van der Waals surface area contributed by atoms with Crippen LogP contribution in [0.15, 0.2) is 77.3 Å². The van der Waals surface area contributed by atoms with Crippen molar-refractivity contribution < 1.29 is 14.6 Å². The molecule has 0 saturated carbocycles. The van der Waals surface area contributed by atoms with Crippen LogP contribution < -0.4 is 9.64 Å². The van der Waals surface area contributed by atoms with Gasteiger partial charge in [-0.2, -0.15) is 5.10 Å². The smallest absolute Gasteiger partial charge is 0.277 e. The molecule has 1 amide bonds. The van der Waals surface area contributed by atoms with Gasteiger partial charge in [0.25, 0.3) is 5.91 Å². The topological polar surface area (TPSA) is 78.5 Å². The molecule has 0 fully saturated rings. The molecule has 32 heavy (non-hydrogen) atoms. The average Bonchev–Trinajstić information content (AvgIpc) is 3.34. The summed E-state index contributed by atoms with van der Waals surface area (Å²) in [6.07, 6.45) is 0. The van der Waals surface area contributed by atoms with Crippen LogP contribution >= 0.6 is 15.9 Å². The molecular formula is C25H20BrN3O3. The van der Waals surface area contributed by atoms with E-state index in [0.29, 0.717) is 18.0 Å². The molecule has 1 aromatic heterocycles. The number of aromatic hydroxyl groups is 1. The molecule has 0 spiro atoms. The first-order valence-corrected chi connectivity index (χ1v) is 11.1. The summed E-state index contributed by atoms with van der Waals surface area (Å²) in [6, 6.07) is 21.8. The summed E-state index contributed by atoms with van der Waals surface area (Å²) >= 11 is 3.46. The SMILES string of the molecule is CCOc1ccc(-c2n[nH]c3c2C(c2cccc(O)c2)N(c2ccc(Br)cc2)C3=O)cc1. The molecule has 1 aliphatic heterocycles. The Morgan fingerprint density at radius 1 is 1.09 bits per heavy atom. The lowest BCUT2D eigenvalue weighted by atomic mass is 9.95. The average molecular weight is 490 g/mol. The number of rotatable bonds is 5. The second-order valence-electron chi connectivity index (χ2n) is 7.47. The molecule has 5 rings (SSSR count). The highest BCUT2D eigenvalue weighted by atomic mass is 79.9. The van der Waals surface area contributed by atoms with Gasteiger partial charge in [0.05, 0.1) is 18.3 Å². The van der Waals surface area contributed by atoms with E-state index in [4.69, 9.17) is 4.74 Å². The lowest BCUT2D eigenvalue weighted by Gasteiger charge is -2.26. The van der Waals surface area contributed by atoms with Gasteiger partial charge >= 0.3 is 0 Å². The Bertz CT molecular complexity index is 1280. The summed E-state index contributed by atoms with van der Waals surface area (Å²) in [4.78, 5) is 15.2. The number of carbonyl (C=O) groups excluding carboxylic acids is 1. The molecule has 7 heteroatoms. The fourth-order valence-electron chi connectivity index (χ4n) is 4.12. The molecule has 1 unspecified atom stereocenters. The number of aromatic nitrogens is 2. The summed E-state index contributed by atoms with van der Waals surface area (Å²) in [5.74, 6) is 0.756. The predicted molar refractivity (Wildman–Crippen MR) is 126 cm³/mol. The highest BCUT2D eigenvalue weighted by Gasteiger charge is 2.43. The maximum Gasteiger partial charge on any atom is 0.277 e. The third kappa shape index (κ3) is 3.44. The summed E-state index contributed by atoms with van der Waals surface area (Å²) in [6.45, 7) is 2.53. The summed E-state index contributed by atoms with van der Waals surface area (Å²) in [5.41, 5.74) is 4.37. The Hall–Kier alpha value is -3.58. The summed E-state index contributed by atoms with van der Waals surface area (Å²) in [5, 5.41) is 17.6. The maximum absolute atomic E-state index is 13.5. The standard InChI is InChI=1S/C25H20BrN3O3/c1-2-32-20-12-6-15(7-13-20)22-21-23(28-27-22)25(31)29(18-10-8-17(26)9-11-18)24(21)16-4-3-5-19(30)14-16/h3-14,24,30H,2H2,1H3,(H,27,28). The number of phenolic OH excluding ortho intramolecular Hbond substituents is 1. The van der Waals surface area contributed by atoms with Gasteiger partial charge in [-0.3, -0.25) is 14.8 Å². The van der Waals surface area contributed by atoms with Crippen LogP contribution in [0.4, 0.5) is 5.69 Å². The van der Waals surface area contributed by atoms with E-state index in [2.05, 4.69) is 26.1 Å². The largest absolute Gasteiger partial charge is 0.508 e. The van der Waals surface area contributed by atoms with Crippen molar-refractivity contribution in [3.8, 4) is 22.8 Å². The van der Waals surface area contributed by atoms with Crippen molar-refractivity contribution >= 4 is 27.5 Å². The van der Waals surface area contributed by atoms with Gasteiger partial charge in [0.1, 0.15) is 17.2 Å². The number of nitrogens with zero attached hydrogens (tertiary/aromatic N) is 2. The molecule has 1 atom stereocenters. The number of carbonyl (C=O) groups is 1. The normalized spacial score (nSPS) is 15.1. The first-order valence-electron chi connectivity index (χ1n) is 10.3. The van der Waals surface area contributed by atoms with Crippen LogP contribution in [-0.4, -0.2) is 27.8 Å². The predicted octanol–water partition coefficient (Wildman–Crippen LogP) is 5.69. The number of aromatic amines is 1. The van der Waals surface area contributed by atoms with Crippen molar-refractivity contribution in [2.45, 2.75) is 13.0 Å². The number of anilines is 1. The Labute approximate surface area is 193 Å². The number of hydrogen-bond donors (Lipinski definition) is 2. The Kier molecular flexibility index (Phi) is 5.19. The van der Waals surface area contributed by atoms with Crippen LogP contribution in [0.3, 0.4) is 0 Å². The Morgan fingerprint density at radius 3 is 2.53 bits per heavy atom. The number of fused-ring (bicyclic) bond motifs is 1. The molecule has 1 aliphatic rings. The third-order valence-electron chi connectivity index (χ3n) is 5.50. The minimum atomic E-state index is -0.439. The maximum atomic E-state index is 13.5. The number of benzene rings is 3. The third-order valence-corrected chi connectivity index (χ3v) is 6.03. The van der Waals surface area contributed by atoms with E-state index >= 15 is 0 Å². The van der Waals surface area contributed by atoms with Gasteiger partial charge in [0.15, 0.2) is 0 Å². The van der Waals surface area contributed by atoms with Gasteiger partial charge in [0.2, 0.25) is 0 Å². The monoisotopic (exact) mass is 489 g/mol. The van der Waals surface area contributed by atoms with Gasteiger partial charge in [-0.25, -0.2) is 0 Å². The molecule has 0 aliphatic carbocycles. The van der Waals surface area contributed by atoms with Crippen LogP contribution in [0.5, 0.6) is 11.5 Å². The molecule has 6 nitrogen and oxygen atoms in total. The van der Waals surface area contributed by atoms with E-state index in [1.54, 1.807) is 23.1 Å². The number of hydrogen-bond acceptors (Lipinski definition) is 4. The van der Waals surface area contributed by atoms with Gasteiger partial charge in [-0.05, 0) is 73.2 Å². The van der Waals surface area contributed by atoms with Gasteiger partial charge in [0, 0.05) is 21.3 Å². The molecule has 2 N–H and O–H groups in total. The van der Waals surface area contributed by atoms with E-state index in [-0.39, 0.29) is 11.7 Å². The zero-order valence-corrected chi connectivity index (χ0v) is 18.8. The number of ether oxygens (including phenoxy) is 1. The molecule has 0 saturated heterocycles. The van der Waals surface area contributed by atoms with E-state index in [0.717, 1.165) is 32.6 Å². The first kappa shape index (κ1) is 20.3. The van der Waals surface area contributed by atoms with Gasteiger partial charge < -0.3 is 9.84 Å². The van der Waals surface area contributed by atoms with E-state index < -0.39 is 6.04 Å². The number of halogens is 1. The quantitative estimate of drug-likeness (QED) is 0.377. The van der Waals surface area contributed by atoms with Crippen molar-refractivity contribution in [1.82, 2.24) is 10.2 Å². The van der Waals surface area contributed by atoms with Crippen LogP contribution in [0.25, 0.3) is 11.3 Å². The van der Waals surface area contributed by atoms with Crippen LogP contribution in [0, 0.1) is 0 Å². The number of phenols is 1. The second kappa shape index (κ2) is 8.16. The fourth-order valence-corrected chi connectivity index (χ4v) is 4.39. The van der Waals surface area contributed by atoms with Crippen molar-refractivity contribution in [2.24, 2.45) is 0 Å². The minimum Gasteiger partial charge on any atom is -0.508 e. The fraction of sp³-hybridized carbons (Fsp3) is 0.120. The van der Waals surface area contributed by atoms with Crippen LogP contribution in [0.2, 0.25) is 0 Å². The van der Waals surface area contributed by atoms with Gasteiger partial charge in [-0.1, -0.05) is 28.1 Å². The Balaban J connectivity index is 1.67. The number of nitrogens with one attached hydrogen (secondary N) is 1. The second-order valence-corrected chi connectivity index (χ2v) is 8.38. The molecular weight excluding hydrogens is 470 g/mol. The van der Waals surface area contributed by atoms with E-state index in [9.17, 15) is 9.90 Å². The summed E-state index contributed by atoms with van der Waals surface area (Å²) < 4.78 is 6.48. The molecule has 4 aromatic rings. The zero-order valence-electron chi connectivity index (χ0n) is 17.2. The van der Waals surface area contributed by atoms with Crippen molar-refractivity contribution in [1.29, 1.82) is 0 Å². The van der Waals surface area contributed by atoms with E-state index in [1.165, 1.54) is 0 Å². The molecule has 160 valence electrons. The zero-order chi connectivity index (χ0) is 22.2. The Morgan fingerprint density at radius 2 is 1.84 bits per heavy atom. The van der Waals surface area contributed by atoms with Gasteiger partial charge in [-0.15, -0.1) is 0 Å². The molecule has 2 heterocycles. The highest BCUT2D eigenvalue weighted by Crippen LogP contribution is 2.45. The molecule has 0 radical (unpaired) electrons. The first-order chi connectivity index (χ1) is 15.6. The molecule has 3 aromatic carbocycles. The van der Waals surface area contributed by atoms with Crippen molar-refractivity contribution in [2.75, 3.05) is 11.5 Å². The van der Waals surface area contributed by atoms with E-state index in [1.807, 2.05) is 61.5 Å². The summed E-state index contributed by atoms with van der Waals surface area (Å²) in [7, 11) is 0. The lowest BCUT2D eigenvalue weighted by molar-refractivity contribution is 0.0988. The van der Waals surface area contributed by atoms with Crippen LogP contribution in [-0.2, 0) is 0 Å². The highest BCUT2D eigenvalue weighted by molar-refractivity contribution is 9.10. The molecule has 0 bridgehead atoms. The lowest BCUT2D eigenvalue weighted by Crippen LogP contribution is -2.29. The van der Waals surface area contributed by atoms with Crippen molar-refractivity contribution in [3.05, 3.63) is 94.1 Å².